The first-order chi connectivity index (χ1) is 18.2. The Morgan fingerprint density at radius 3 is 2.70 bits per heavy atom. The van der Waals surface area contributed by atoms with Gasteiger partial charge >= 0.3 is 0 Å². The molecule has 8 nitrogen and oxygen atoms in total. The predicted molar refractivity (Wildman–Crippen MR) is 143 cm³/mol. The monoisotopic (exact) mass is 494 g/mol. The normalized spacial score (nSPS) is 15.9. The number of carbonyl (C=O) groups is 1. The Balaban J connectivity index is 0.00000137. The quantitative estimate of drug-likeness (QED) is 0.349. The third kappa shape index (κ3) is 5.58. The van der Waals surface area contributed by atoms with Gasteiger partial charge in [-0.2, -0.15) is 0 Å². The lowest BCUT2D eigenvalue weighted by atomic mass is 10.0. The highest BCUT2D eigenvalue weighted by atomic mass is 16.5. The van der Waals surface area contributed by atoms with Crippen LogP contribution in [0, 0.1) is 0 Å². The van der Waals surface area contributed by atoms with E-state index in [9.17, 15) is 4.79 Å². The average Bonchev–Trinajstić information content (AvgIpc) is 3.69. The molecule has 37 heavy (non-hydrogen) atoms. The molecule has 3 aromatic heterocycles. The maximum absolute atomic E-state index is 13.4. The number of ether oxygens (including phenoxy) is 1. The lowest BCUT2D eigenvalue weighted by Crippen LogP contribution is -2.15. The molecule has 1 aromatic carbocycles. The first-order valence-electron chi connectivity index (χ1n) is 12.8. The van der Waals surface area contributed by atoms with Crippen LogP contribution < -0.4 is 10.1 Å². The first-order valence-corrected chi connectivity index (χ1v) is 12.8. The maximum Gasteiger partial charge on any atom is 0.260 e. The van der Waals surface area contributed by atoms with Crippen LogP contribution >= 0.6 is 0 Å². The number of hydrogen-bond acceptors (Lipinski definition) is 6. The summed E-state index contributed by atoms with van der Waals surface area (Å²) in [5.74, 6) is 1.91. The topological polar surface area (TPSA) is 94.8 Å². The molecule has 4 heterocycles. The van der Waals surface area contributed by atoms with E-state index in [1.807, 2.05) is 61.0 Å². The molecule has 0 radical (unpaired) electrons. The zero-order chi connectivity index (χ0) is 25.6. The Morgan fingerprint density at radius 1 is 1.03 bits per heavy atom. The number of nitrogens with one attached hydrogen (secondary N) is 1. The van der Waals surface area contributed by atoms with Gasteiger partial charge < -0.3 is 14.6 Å². The van der Waals surface area contributed by atoms with Gasteiger partial charge in [-0.15, -0.1) is 10.2 Å². The second-order valence-electron chi connectivity index (χ2n) is 8.73. The van der Waals surface area contributed by atoms with Gasteiger partial charge in [-0.3, -0.25) is 9.78 Å². The minimum atomic E-state index is -0.291. The molecule has 1 aliphatic heterocycles. The van der Waals surface area contributed by atoms with Crippen LogP contribution in [-0.2, 0) is 6.54 Å². The van der Waals surface area contributed by atoms with E-state index in [4.69, 9.17) is 4.74 Å². The van der Waals surface area contributed by atoms with Gasteiger partial charge in [-0.1, -0.05) is 44.2 Å². The van der Waals surface area contributed by atoms with E-state index < -0.39 is 0 Å². The SMILES string of the molecule is CC.O=C1Nc2cccc(n2)-c2nncn2C/C=C/CCOc2ccc(-c3ccc(C4CC4)nc3)cc21. The lowest BCUT2D eigenvalue weighted by molar-refractivity contribution is 0.102. The van der Waals surface area contributed by atoms with E-state index in [0.29, 0.717) is 54.1 Å². The van der Waals surface area contributed by atoms with Gasteiger partial charge in [0.05, 0.1) is 12.2 Å². The van der Waals surface area contributed by atoms with E-state index in [1.165, 1.54) is 12.8 Å². The Labute approximate surface area is 216 Å². The van der Waals surface area contributed by atoms with Crippen molar-refractivity contribution in [2.75, 3.05) is 11.9 Å². The molecule has 1 saturated carbocycles. The molecule has 0 unspecified atom stereocenters. The Bertz CT molecular complexity index is 1410. The van der Waals surface area contributed by atoms with Crippen LogP contribution in [0.5, 0.6) is 5.75 Å². The predicted octanol–water partition coefficient (Wildman–Crippen LogP) is 5.90. The second-order valence-corrected chi connectivity index (χ2v) is 8.73. The van der Waals surface area contributed by atoms with E-state index in [1.54, 1.807) is 12.4 Å². The van der Waals surface area contributed by atoms with Crippen molar-refractivity contribution in [1.82, 2.24) is 24.7 Å². The van der Waals surface area contributed by atoms with E-state index in [0.717, 1.165) is 16.8 Å². The summed E-state index contributed by atoms with van der Waals surface area (Å²) in [5, 5.41) is 11.2. The largest absolute Gasteiger partial charge is 0.492 e. The van der Waals surface area contributed by atoms with E-state index >= 15 is 0 Å². The van der Waals surface area contributed by atoms with Crippen LogP contribution in [0.25, 0.3) is 22.6 Å². The highest BCUT2D eigenvalue weighted by Gasteiger charge is 2.24. The summed E-state index contributed by atoms with van der Waals surface area (Å²) in [7, 11) is 0. The van der Waals surface area contributed by atoms with Gasteiger partial charge in [0.2, 0.25) is 0 Å². The van der Waals surface area contributed by atoms with Crippen LogP contribution in [0.15, 0.2) is 73.2 Å². The van der Waals surface area contributed by atoms with Crippen molar-refractivity contribution in [2.45, 2.75) is 45.6 Å². The average molecular weight is 495 g/mol. The molecule has 2 bridgehead atoms. The molecule has 1 N–H and O–H groups in total. The summed E-state index contributed by atoms with van der Waals surface area (Å²) in [6.07, 6.45) is 10.8. The first kappa shape index (κ1) is 24.4. The fourth-order valence-electron chi connectivity index (χ4n) is 4.15. The molecule has 8 heteroatoms. The smallest absolute Gasteiger partial charge is 0.260 e. The zero-order valence-electron chi connectivity index (χ0n) is 21.1. The zero-order valence-corrected chi connectivity index (χ0v) is 21.1. The number of nitrogens with zero attached hydrogens (tertiary/aromatic N) is 5. The summed E-state index contributed by atoms with van der Waals surface area (Å²) in [4.78, 5) is 22.6. The molecular weight excluding hydrogens is 464 g/mol. The van der Waals surface area contributed by atoms with Crippen LogP contribution in [-0.4, -0.2) is 37.2 Å². The number of benzene rings is 1. The number of rotatable bonds is 2. The molecule has 188 valence electrons. The molecule has 2 aliphatic rings. The number of anilines is 1. The number of carbonyl (C=O) groups excluding carboxylic acids is 1. The highest BCUT2D eigenvalue weighted by molar-refractivity contribution is 6.06. The summed E-state index contributed by atoms with van der Waals surface area (Å²) in [6, 6.07) is 15.3. The lowest BCUT2D eigenvalue weighted by Gasteiger charge is -2.13. The van der Waals surface area contributed by atoms with Crippen molar-refractivity contribution in [1.29, 1.82) is 0 Å². The fourth-order valence-corrected chi connectivity index (χ4v) is 4.15. The maximum atomic E-state index is 13.4. The van der Waals surface area contributed by atoms with Crippen molar-refractivity contribution in [2.24, 2.45) is 0 Å². The van der Waals surface area contributed by atoms with Gasteiger partial charge in [-0.25, -0.2) is 4.98 Å². The Kier molecular flexibility index (Phi) is 7.35. The third-order valence-corrected chi connectivity index (χ3v) is 6.19. The van der Waals surface area contributed by atoms with E-state index in [2.05, 4.69) is 43.7 Å². The van der Waals surface area contributed by atoms with Crippen molar-refractivity contribution in [3.63, 3.8) is 0 Å². The second kappa shape index (κ2) is 11.2. The fraction of sp³-hybridized carbons (Fsp3) is 0.276. The van der Waals surface area contributed by atoms with Crippen LogP contribution in [0.4, 0.5) is 5.82 Å². The molecule has 4 aromatic rings. The minimum Gasteiger partial charge on any atom is -0.492 e. The number of amides is 1. The number of pyridine rings is 2. The number of fused-ring (bicyclic) bond motifs is 5. The number of aromatic nitrogens is 5. The Hall–Kier alpha value is -4.33. The van der Waals surface area contributed by atoms with Crippen molar-refractivity contribution in [3.05, 3.63) is 84.5 Å². The molecule has 1 aliphatic carbocycles. The molecule has 1 amide bonds. The van der Waals surface area contributed by atoms with Crippen LogP contribution in [0.2, 0.25) is 0 Å². The van der Waals surface area contributed by atoms with Crippen LogP contribution in [0.1, 0.15) is 55.1 Å². The number of hydrogen-bond donors (Lipinski definition) is 1. The molecular formula is C29H30N6O2. The van der Waals surface area contributed by atoms with Gasteiger partial charge in [0.15, 0.2) is 5.82 Å². The van der Waals surface area contributed by atoms with Gasteiger partial charge in [0.1, 0.15) is 23.6 Å². The standard InChI is InChI=1S/C27H24N6O2.C2H6/c34-27-21-15-19(20-9-11-22(28-16-20)18-7-8-18)10-12-24(21)35-14-3-1-2-13-33-17-29-32-26(33)23-5-4-6-25(30-23)31-27;1-2/h1-2,4-6,9-12,15-18H,3,7-8,13-14H2,(H,30,31,34);1-2H3/b2-1+;. The minimum absolute atomic E-state index is 0.291. The Morgan fingerprint density at radius 2 is 1.89 bits per heavy atom. The summed E-state index contributed by atoms with van der Waals surface area (Å²) < 4.78 is 7.92. The van der Waals surface area contributed by atoms with Crippen LogP contribution in [0.3, 0.4) is 0 Å². The van der Waals surface area contributed by atoms with Gasteiger partial charge in [0, 0.05) is 29.9 Å². The molecule has 1 fully saturated rings. The summed E-state index contributed by atoms with van der Waals surface area (Å²) in [6.45, 7) is 5.07. The molecule has 6 rings (SSSR count). The third-order valence-electron chi connectivity index (χ3n) is 6.19. The molecule has 0 atom stereocenters. The van der Waals surface area contributed by atoms with Crippen molar-refractivity contribution >= 4 is 11.7 Å². The highest BCUT2D eigenvalue weighted by Crippen LogP contribution is 2.39. The van der Waals surface area contributed by atoms with Gasteiger partial charge in [0.25, 0.3) is 5.91 Å². The number of allylic oxidation sites excluding steroid dienone is 1. The summed E-state index contributed by atoms with van der Waals surface area (Å²) >= 11 is 0. The van der Waals surface area contributed by atoms with Gasteiger partial charge in [-0.05, 0) is 55.2 Å². The molecule has 0 spiro atoms. The van der Waals surface area contributed by atoms with E-state index in [-0.39, 0.29) is 5.91 Å². The summed E-state index contributed by atoms with van der Waals surface area (Å²) in [5.41, 5.74) is 4.09. The molecule has 0 saturated heterocycles. The van der Waals surface area contributed by atoms with Crippen molar-refractivity contribution in [3.8, 4) is 28.4 Å². The van der Waals surface area contributed by atoms with Crippen molar-refractivity contribution < 1.29 is 9.53 Å².